The zero-order valence-electron chi connectivity index (χ0n) is 22.2. The van der Waals surface area contributed by atoms with Gasteiger partial charge in [-0.1, -0.05) is 72.3 Å². The Morgan fingerprint density at radius 2 is 1.42 bits per heavy atom. The summed E-state index contributed by atoms with van der Waals surface area (Å²) < 4.78 is 76.1. The molecular weight excluding hydrogens is 608 g/mol. The highest BCUT2D eigenvalue weighted by Gasteiger charge is 2.31. The van der Waals surface area contributed by atoms with E-state index < -0.39 is 25.3 Å². The van der Waals surface area contributed by atoms with Gasteiger partial charge in [-0.3, -0.25) is 9.05 Å². The number of hydrogen-bond acceptors (Lipinski definition) is 7. The Bertz CT molecular complexity index is 1730. The summed E-state index contributed by atoms with van der Waals surface area (Å²) in [5.41, 5.74) is 1.06. The molecule has 0 aliphatic rings. The molecule has 0 saturated heterocycles. The van der Waals surface area contributed by atoms with Gasteiger partial charge in [0.25, 0.3) is 0 Å². The maximum absolute atomic E-state index is 13.9. The predicted octanol–water partition coefficient (Wildman–Crippen LogP) is 8.14. The molecule has 0 radical (unpaired) electrons. The summed E-state index contributed by atoms with van der Waals surface area (Å²) in [5.74, 6) is -1.03. The van der Waals surface area contributed by atoms with Crippen LogP contribution in [0.1, 0.15) is 22.3 Å². The van der Waals surface area contributed by atoms with Gasteiger partial charge < -0.3 is 8.94 Å². The highest BCUT2D eigenvalue weighted by Crippen LogP contribution is 2.52. The summed E-state index contributed by atoms with van der Waals surface area (Å²) in [7, 11) is -4.26. The first kappa shape index (κ1) is 30.3. The van der Waals surface area contributed by atoms with Gasteiger partial charge in [0.2, 0.25) is 5.89 Å². The van der Waals surface area contributed by atoms with Crippen LogP contribution in [0, 0.1) is 0 Å². The highest BCUT2D eigenvalue weighted by atomic mass is 35.5. The lowest BCUT2D eigenvalue weighted by molar-refractivity contribution is -0.137. The first-order chi connectivity index (χ1) is 20.6. The molecule has 43 heavy (non-hydrogen) atoms. The van der Waals surface area contributed by atoms with E-state index in [9.17, 15) is 22.5 Å². The van der Waals surface area contributed by atoms with Gasteiger partial charge in [-0.2, -0.15) is 17.9 Å². The van der Waals surface area contributed by atoms with Crippen molar-refractivity contribution in [3.63, 3.8) is 0 Å². The molecule has 0 aliphatic carbocycles. The van der Waals surface area contributed by atoms with Crippen molar-refractivity contribution < 1.29 is 35.7 Å². The highest BCUT2D eigenvalue weighted by molar-refractivity contribution is 7.48. The van der Waals surface area contributed by atoms with Crippen molar-refractivity contribution in [1.82, 2.24) is 9.78 Å². The smallest absolute Gasteiger partial charge is 0.404 e. The molecule has 0 spiro atoms. The van der Waals surface area contributed by atoms with Gasteiger partial charge in [-0.15, -0.1) is 5.10 Å². The molecule has 222 valence electrons. The van der Waals surface area contributed by atoms with Crippen LogP contribution >= 0.6 is 19.4 Å². The van der Waals surface area contributed by atoms with Crippen LogP contribution in [0.5, 0.6) is 5.75 Å². The number of phosphoric acid groups is 1. The van der Waals surface area contributed by atoms with Gasteiger partial charge in [0, 0.05) is 16.1 Å². The molecule has 0 N–H and O–H groups in total. The largest absolute Gasteiger partial charge is 0.530 e. The third-order valence-electron chi connectivity index (χ3n) is 6.08. The van der Waals surface area contributed by atoms with Crippen molar-refractivity contribution in [2.75, 3.05) is 0 Å². The Morgan fingerprint density at radius 1 is 0.837 bits per heavy atom. The van der Waals surface area contributed by atoms with E-state index in [0.29, 0.717) is 0 Å². The van der Waals surface area contributed by atoms with Crippen molar-refractivity contribution in [2.24, 2.45) is 0 Å². The second kappa shape index (κ2) is 13.0. The SMILES string of the molecule is O=c1oc(-c2ccc(C(F)(F)F)cc2)nn1Cc1cc(Cl)ccc1OP(=O)(OCc1ccccc1)OCc1ccccc1. The summed E-state index contributed by atoms with van der Waals surface area (Å²) in [5, 5.41) is 4.40. The average Bonchev–Trinajstić information content (AvgIpc) is 3.37. The zero-order valence-corrected chi connectivity index (χ0v) is 23.9. The molecule has 5 aromatic rings. The van der Waals surface area contributed by atoms with E-state index >= 15 is 0 Å². The van der Waals surface area contributed by atoms with E-state index in [1.165, 1.54) is 18.2 Å². The van der Waals surface area contributed by atoms with Gasteiger partial charge in [-0.25, -0.2) is 9.36 Å². The summed E-state index contributed by atoms with van der Waals surface area (Å²) in [6, 6.07) is 26.5. The molecule has 1 aromatic heterocycles. The Balaban J connectivity index is 1.40. The zero-order chi connectivity index (χ0) is 30.5. The van der Waals surface area contributed by atoms with Gasteiger partial charge in [-0.05, 0) is 53.6 Å². The number of alkyl halides is 3. The third kappa shape index (κ3) is 8.03. The van der Waals surface area contributed by atoms with Gasteiger partial charge in [0.15, 0.2) is 0 Å². The Morgan fingerprint density at radius 3 is 1.98 bits per heavy atom. The molecule has 4 aromatic carbocycles. The normalized spacial score (nSPS) is 11.9. The van der Waals surface area contributed by atoms with Crippen molar-refractivity contribution in [1.29, 1.82) is 0 Å². The molecule has 0 unspecified atom stereocenters. The second-order valence-corrected chi connectivity index (χ2v) is 11.2. The number of benzene rings is 4. The molecule has 8 nitrogen and oxygen atoms in total. The van der Waals surface area contributed by atoms with Crippen molar-refractivity contribution >= 4 is 19.4 Å². The number of hydrogen-bond donors (Lipinski definition) is 0. The van der Waals surface area contributed by atoms with Crippen LogP contribution in [-0.2, 0) is 39.5 Å². The quantitative estimate of drug-likeness (QED) is 0.136. The number of halogens is 4. The molecule has 0 aliphatic heterocycles. The maximum Gasteiger partial charge on any atom is 0.530 e. The van der Waals surface area contributed by atoms with Crippen LogP contribution in [0.4, 0.5) is 13.2 Å². The lowest BCUT2D eigenvalue weighted by atomic mass is 10.1. The number of rotatable bonds is 11. The minimum Gasteiger partial charge on any atom is -0.404 e. The summed E-state index contributed by atoms with van der Waals surface area (Å²) >= 11 is 6.22. The summed E-state index contributed by atoms with van der Waals surface area (Å²) in [4.78, 5) is 12.6. The molecule has 5 rings (SSSR count). The first-order valence-corrected chi connectivity index (χ1v) is 14.6. The van der Waals surface area contributed by atoms with Crippen molar-refractivity contribution in [3.05, 3.63) is 141 Å². The molecule has 13 heteroatoms. The van der Waals surface area contributed by atoms with Crippen LogP contribution in [0.3, 0.4) is 0 Å². The fourth-order valence-electron chi connectivity index (χ4n) is 3.91. The Kier molecular flexibility index (Phi) is 9.17. The minimum atomic E-state index is -4.52. The number of aromatic nitrogens is 2. The summed E-state index contributed by atoms with van der Waals surface area (Å²) in [6.45, 7) is -0.389. The molecule has 1 heterocycles. The Hall–Kier alpha value is -4.15. The van der Waals surface area contributed by atoms with Crippen LogP contribution < -0.4 is 10.3 Å². The molecule has 0 fully saturated rings. The maximum atomic E-state index is 13.9. The standard InChI is InChI=1S/C30H23ClF3N2O6P/c31-26-15-16-27(42-43(38,39-19-21-7-3-1-4-8-21)40-20-22-9-5-2-6-10-22)24(17-26)18-36-29(37)41-28(35-36)23-11-13-25(14-12-23)30(32,33)34/h1-17H,18-20H2. The fraction of sp³-hybridized carbons (Fsp3) is 0.133. The second-order valence-electron chi connectivity index (χ2n) is 9.21. The molecule has 0 amide bonds. The van der Waals surface area contributed by atoms with E-state index in [1.54, 1.807) is 48.5 Å². The molecule has 0 bridgehead atoms. The minimum absolute atomic E-state index is 0.0415. The van der Waals surface area contributed by atoms with E-state index in [1.807, 2.05) is 12.1 Å². The van der Waals surface area contributed by atoms with E-state index in [0.717, 1.165) is 40.1 Å². The lowest BCUT2D eigenvalue weighted by Gasteiger charge is -2.20. The monoisotopic (exact) mass is 630 g/mol. The van der Waals surface area contributed by atoms with Crippen LogP contribution in [0.15, 0.2) is 112 Å². The van der Waals surface area contributed by atoms with E-state index in [2.05, 4.69) is 5.10 Å². The van der Waals surface area contributed by atoms with Crippen LogP contribution in [-0.4, -0.2) is 9.78 Å². The third-order valence-corrected chi connectivity index (χ3v) is 7.63. The fourth-order valence-corrected chi connectivity index (χ4v) is 5.32. The van der Waals surface area contributed by atoms with E-state index in [4.69, 9.17) is 29.6 Å². The van der Waals surface area contributed by atoms with Crippen LogP contribution in [0.25, 0.3) is 11.5 Å². The van der Waals surface area contributed by atoms with Crippen molar-refractivity contribution in [3.8, 4) is 17.2 Å². The first-order valence-electron chi connectivity index (χ1n) is 12.8. The van der Waals surface area contributed by atoms with Crippen LogP contribution in [0.2, 0.25) is 5.02 Å². The van der Waals surface area contributed by atoms with Gasteiger partial charge >= 0.3 is 19.8 Å². The molecular formula is C30H23ClF3N2O6P. The lowest BCUT2D eigenvalue weighted by Crippen LogP contribution is -2.17. The Labute approximate surface area is 248 Å². The molecule has 0 saturated carbocycles. The number of phosphoric ester groups is 1. The average molecular weight is 631 g/mol. The summed E-state index contributed by atoms with van der Waals surface area (Å²) in [6.07, 6.45) is -4.52. The van der Waals surface area contributed by atoms with Gasteiger partial charge in [0.1, 0.15) is 5.75 Å². The van der Waals surface area contributed by atoms with Crippen molar-refractivity contribution in [2.45, 2.75) is 25.9 Å². The van der Waals surface area contributed by atoms with Gasteiger partial charge in [0.05, 0.1) is 25.3 Å². The van der Waals surface area contributed by atoms with E-state index in [-0.39, 0.29) is 47.5 Å². The molecule has 0 atom stereocenters. The number of nitrogens with zero attached hydrogens (tertiary/aromatic N) is 2. The predicted molar refractivity (Wildman–Crippen MR) is 152 cm³/mol. The topological polar surface area (TPSA) is 92.8 Å².